The predicted octanol–water partition coefficient (Wildman–Crippen LogP) is 3.39. The van der Waals surface area contributed by atoms with Crippen molar-refractivity contribution in [2.24, 2.45) is 0 Å². The van der Waals surface area contributed by atoms with Crippen LogP contribution in [0, 0.1) is 6.92 Å². The molecule has 0 saturated heterocycles. The van der Waals surface area contributed by atoms with Gasteiger partial charge in [-0.05, 0) is 54.5 Å². The van der Waals surface area contributed by atoms with Crippen molar-refractivity contribution in [1.82, 2.24) is 5.32 Å². The first-order chi connectivity index (χ1) is 14.1. The first-order valence-electron chi connectivity index (χ1n) is 10.3. The average molecular weight is 431 g/mol. The van der Waals surface area contributed by atoms with Crippen molar-refractivity contribution in [3.63, 3.8) is 0 Å². The maximum Gasteiger partial charge on any atom is 0.263 e. The second kappa shape index (κ2) is 9.08. The number of carbonyl (C=O) groups excluding carboxylic acids is 1. The van der Waals surface area contributed by atoms with Crippen LogP contribution in [0.2, 0.25) is 0 Å². The predicted molar refractivity (Wildman–Crippen MR) is 120 cm³/mol. The van der Waals surface area contributed by atoms with Crippen molar-refractivity contribution in [2.75, 3.05) is 23.7 Å². The van der Waals surface area contributed by atoms with E-state index in [2.05, 4.69) is 43.4 Å². The SMILES string of the molecule is Cc1ccc2c(c1)N(S(C)(=O)=O)CC(C(=O)NCCCc1ccc(C(C)C)cc1)O2. The molecule has 1 atom stereocenters. The summed E-state index contributed by atoms with van der Waals surface area (Å²) in [6, 6.07) is 13.9. The van der Waals surface area contributed by atoms with Gasteiger partial charge in [0.2, 0.25) is 10.0 Å². The largest absolute Gasteiger partial charge is 0.476 e. The Morgan fingerprint density at radius 1 is 1.20 bits per heavy atom. The van der Waals surface area contributed by atoms with Crippen LogP contribution in [0.15, 0.2) is 42.5 Å². The zero-order valence-electron chi connectivity index (χ0n) is 18.0. The summed E-state index contributed by atoms with van der Waals surface area (Å²) in [7, 11) is -3.52. The van der Waals surface area contributed by atoms with Gasteiger partial charge in [0, 0.05) is 6.54 Å². The molecule has 3 rings (SSSR count). The summed E-state index contributed by atoms with van der Waals surface area (Å²) in [6.45, 7) is 6.70. The van der Waals surface area contributed by atoms with Crippen LogP contribution in [-0.4, -0.2) is 39.8 Å². The summed E-state index contributed by atoms with van der Waals surface area (Å²) in [5.74, 6) is 0.613. The molecule has 0 aliphatic carbocycles. The van der Waals surface area contributed by atoms with E-state index < -0.39 is 16.1 Å². The van der Waals surface area contributed by atoms with Gasteiger partial charge >= 0.3 is 0 Å². The highest BCUT2D eigenvalue weighted by atomic mass is 32.2. The Morgan fingerprint density at radius 2 is 1.90 bits per heavy atom. The molecule has 1 aliphatic heterocycles. The Hall–Kier alpha value is -2.54. The lowest BCUT2D eigenvalue weighted by Gasteiger charge is -2.34. The molecule has 1 N–H and O–H groups in total. The van der Waals surface area contributed by atoms with E-state index in [-0.39, 0.29) is 12.5 Å². The number of hydrogen-bond acceptors (Lipinski definition) is 4. The third-order valence-corrected chi connectivity index (χ3v) is 6.41. The van der Waals surface area contributed by atoms with Crippen molar-refractivity contribution < 1.29 is 17.9 Å². The van der Waals surface area contributed by atoms with E-state index in [9.17, 15) is 13.2 Å². The molecule has 1 unspecified atom stereocenters. The highest BCUT2D eigenvalue weighted by molar-refractivity contribution is 7.92. The zero-order valence-corrected chi connectivity index (χ0v) is 18.8. The second-order valence-electron chi connectivity index (χ2n) is 8.16. The summed E-state index contributed by atoms with van der Waals surface area (Å²) in [5.41, 5.74) is 3.95. The first-order valence-corrected chi connectivity index (χ1v) is 12.1. The monoisotopic (exact) mass is 430 g/mol. The van der Waals surface area contributed by atoms with Crippen molar-refractivity contribution in [2.45, 2.75) is 45.6 Å². The molecule has 1 amide bonds. The van der Waals surface area contributed by atoms with Gasteiger partial charge in [-0.1, -0.05) is 44.2 Å². The third-order valence-electron chi connectivity index (χ3n) is 5.26. The molecule has 7 heteroatoms. The number of amides is 1. The number of carbonyl (C=O) groups is 1. The normalized spacial score (nSPS) is 16.2. The number of fused-ring (bicyclic) bond motifs is 1. The van der Waals surface area contributed by atoms with Crippen molar-refractivity contribution in [3.05, 3.63) is 59.2 Å². The number of aryl methyl sites for hydroxylation is 2. The lowest BCUT2D eigenvalue weighted by molar-refractivity contribution is -0.127. The summed E-state index contributed by atoms with van der Waals surface area (Å²) < 4.78 is 31.6. The molecule has 1 heterocycles. The lowest BCUT2D eigenvalue weighted by atomic mass is 10.0. The number of sulfonamides is 1. The van der Waals surface area contributed by atoms with Crippen LogP contribution < -0.4 is 14.4 Å². The van der Waals surface area contributed by atoms with Crippen molar-refractivity contribution in [1.29, 1.82) is 0 Å². The molecule has 0 aromatic heterocycles. The third kappa shape index (κ3) is 5.33. The van der Waals surface area contributed by atoms with Gasteiger partial charge < -0.3 is 10.1 Å². The van der Waals surface area contributed by atoms with Gasteiger partial charge in [0.05, 0.1) is 18.5 Å². The van der Waals surface area contributed by atoms with E-state index >= 15 is 0 Å². The quantitative estimate of drug-likeness (QED) is 0.683. The van der Waals surface area contributed by atoms with Crippen LogP contribution >= 0.6 is 0 Å². The molecule has 2 aromatic carbocycles. The second-order valence-corrected chi connectivity index (χ2v) is 10.1. The maximum atomic E-state index is 12.6. The molecule has 162 valence electrons. The molecule has 30 heavy (non-hydrogen) atoms. The molecular formula is C23H30N2O4S. The van der Waals surface area contributed by atoms with Gasteiger partial charge in [0.1, 0.15) is 5.75 Å². The number of benzene rings is 2. The topological polar surface area (TPSA) is 75.7 Å². The van der Waals surface area contributed by atoms with Crippen LogP contribution in [0.5, 0.6) is 5.75 Å². The minimum absolute atomic E-state index is 0.0300. The Kier molecular flexibility index (Phi) is 6.71. The molecular weight excluding hydrogens is 400 g/mol. The number of anilines is 1. The average Bonchev–Trinajstić information content (AvgIpc) is 2.69. The van der Waals surface area contributed by atoms with Crippen LogP contribution in [0.3, 0.4) is 0 Å². The standard InChI is InChI=1S/C23H30N2O4S/c1-16(2)19-10-8-18(9-11-19)6-5-13-24-23(26)22-15-25(30(4,27)28)20-14-17(3)7-12-21(20)29-22/h7-12,14,16,22H,5-6,13,15H2,1-4H3,(H,24,26). The van der Waals surface area contributed by atoms with Gasteiger partial charge in [-0.15, -0.1) is 0 Å². The number of rotatable bonds is 7. The highest BCUT2D eigenvalue weighted by Gasteiger charge is 2.34. The minimum atomic E-state index is -3.52. The fourth-order valence-electron chi connectivity index (χ4n) is 3.50. The van der Waals surface area contributed by atoms with E-state index in [0.29, 0.717) is 23.9 Å². The Balaban J connectivity index is 1.57. The van der Waals surface area contributed by atoms with Gasteiger partial charge in [-0.2, -0.15) is 0 Å². The molecule has 0 radical (unpaired) electrons. The zero-order chi connectivity index (χ0) is 21.9. The molecule has 2 aromatic rings. The maximum absolute atomic E-state index is 12.6. The van der Waals surface area contributed by atoms with E-state index in [1.807, 2.05) is 13.0 Å². The first kappa shape index (κ1) is 22.2. The van der Waals surface area contributed by atoms with E-state index in [0.717, 1.165) is 24.7 Å². The summed E-state index contributed by atoms with van der Waals surface area (Å²) >= 11 is 0. The molecule has 6 nitrogen and oxygen atoms in total. The van der Waals surface area contributed by atoms with E-state index in [4.69, 9.17) is 4.74 Å². The van der Waals surface area contributed by atoms with Gasteiger partial charge in [0.15, 0.2) is 6.10 Å². The van der Waals surface area contributed by atoms with Crippen molar-refractivity contribution >= 4 is 21.6 Å². The van der Waals surface area contributed by atoms with Crippen molar-refractivity contribution in [3.8, 4) is 5.75 Å². The smallest absolute Gasteiger partial charge is 0.263 e. The van der Waals surface area contributed by atoms with Gasteiger partial charge in [0.25, 0.3) is 5.91 Å². The number of nitrogens with zero attached hydrogens (tertiary/aromatic N) is 1. The fraction of sp³-hybridized carbons (Fsp3) is 0.435. The van der Waals surface area contributed by atoms with Gasteiger partial charge in [-0.3, -0.25) is 9.10 Å². The number of nitrogens with one attached hydrogen (secondary N) is 1. The molecule has 0 bridgehead atoms. The molecule has 1 aliphatic rings. The minimum Gasteiger partial charge on any atom is -0.476 e. The lowest BCUT2D eigenvalue weighted by Crippen LogP contribution is -2.50. The van der Waals surface area contributed by atoms with Crippen LogP contribution in [-0.2, 0) is 21.2 Å². The number of hydrogen-bond donors (Lipinski definition) is 1. The Bertz CT molecular complexity index is 1000. The molecule has 0 saturated carbocycles. The molecule has 0 fully saturated rings. The fourth-order valence-corrected chi connectivity index (χ4v) is 4.41. The molecule has 0 spiro atoms. The van der Waals surface area contributed by atoms with Crippen LogP contribution in [0.25, 0.3) is 0 Å². The summed E-state index contributed by atoms with van der Waals surface area (Å²) in [4.78, 5) is 12.6. The number of ether oxygens (including phenoxy) is 1. The highest BCUT2D eigenvalue weighted by Crippen LogP contribution is 2.35. The summed E-state index contributed by atoms with van der Waals surface area (Å²) in [6.07, 6.45) is 1.93. The Morgan fingerprint density at radius 3 is 2.53 bits per heavy atom. The van der Waals surface area contributed by atoms with E-state index in [1.165, 1.54) is 15.4 Å². The van der Waals surface area contributed by atoms with Gasteiger partial charge in [-0.25, -0.2) is 8.42 Å². The Labute approximate surface area is 179 Å². The summed E-state index contributed by atoms with van der Waals surface area (Å²) in [5, 5.41) is 2.88. The van der Waals surface area contributed by atoms with E-state index in [1.54, 1.807) is 12.1 Å². The van der Waals surface area contributed by atoms with Crippen LogP contribution in [0.4, 0.5) is 5.69 Å². The van der Waals surface area contributed by atoms with Crippen LogP contribution in [0.1, 0.15) is 42.9 Å².